The third kappa shape index (κ3) is 4.85. The van der Waals surface area contributed by atoms with Gasteiger partial charge in [-0.15, -0.1) is 0 Å². The molecule has 6 heteroatoms. The van der Waals surface area contributed by atoms with E-state index in [1.54, 1.807) is 11.1 Å². The van der Waals surface area contributed by atoms with E-state index in [2.05, 4.69) is 39.5 Å². The molecule has 0 radical (unpaired) electrons. The lowest BCUT2D eigenvalue weighted by Gasteiger charge is -2.22. The maximum absolute atomic E-state index is 12.4. The first-order chi connectivity index (χ1) is 12.6. The first kappa shape index (κ1) is 18.5. The van der Waals surface area contributed by atoms with E-state index in [-0.39, 0.29) is 6.03 Å². The van der Waals surface area contributed by atoms with Crippen LogP contribution in [-0.2, 0) is 19.6 Å². The Morgan fingerprint density at radius 3 is 2.65 bits per heavy atom. The SMILES string of the molecule is Cc1nccn1CCNC(=O)N(C)Cc1ccccc1CN1CCCC1. The maximum atomic E-state index is 12.4. The largest absolute Gasteiger partial charge is 0.336 e. The van der Waals surface area contributed by atoms with Gasteiger partial charge in [0.05, 0.1) is 0 Å². The van der Waals surface area contributed by atoms with Gasteiger partial charge in [-0.05, 0) is 44.0 Å². The second-order valence-corrected chi connectivity index (χ2v) is 7.01. The number of aryl methyl sites for hydroxylation is 1. The van der Waals surface area contributed by atoms with Gasteiger partial charge in [0.25, 0.3) is 0 Å². The highest BCUT2D eigenvalue weighted by molar-refractivity contribution is 5.73. The number of hydrogen-bond acceptors (Lipinski definition) is 3. The summed E-state index contributed by atoms with van der Waals surface area (Å²) in [6.07, 6.45) is 6.29. The van der Waals surface area contributed by atoms with Crippen molar-refractivity contribution in [2.45, 2.75) is 39.4 Å². The Hall–Kier alpha value is -2.34. The summed E-state index contributed by atoms with van der Waals surface area (Å²) in [7, 11) is 1.85. The van der Waals surface area contributed by atoms with Gasteiger partial charge in [-0.25, -0.2) is 9.78 Å². The number of urea groups is 1. The Morgan fingerprint density at radius 2 is 1.96 bits per heavy atom. The lowest BCUT2D eigenvalue weighted by Crippen LogP contribution is -2.38. The van der Waals surface area contributed by atoms with Crippen molar-refractivity contribution in [3.8, 4) is 0 Å². The molecule has 1 aromatic heterocycles. The number of aromatic nitrogens is 2. The van der Waals surface area contributed by atoms with Crippen LogP contribution < -0.4 is 5.32 Å². The zero-order valence-electron chi connectivity index (χ0n) is 15.8. The van der Waals surface area contributed by atoms with E-state index in [1.807, 2.05) is 24.7 Å². The molecule has 0 saturated carbocycles. The highest BCUT2D eigenvalue weighted by Crippen LogP contribution is 2.17. The van der Waals surface area contributed by atoms with Crippen molar-refractivity contribution in [2.75, 3.05) is 26.7 Å². The fraction of sp³-hybridized carbons (Fsp3) is 0.500. The van der Waals surface area contributed by atoms with Gasteiger partial charge in [0, 0.05) is 45.6 Å². The highest BCUT2D eigenvalue weighted by Gasteiger charge is 2.15. The molecule has 1 aliphatic rings. The standard InChI is InChI=1S/C20H29N5O/c1-17-21-9-13-25(17)14-10-22-20(26)23(2)15-18-7-3-4-8-19(18)16-24-11-5-6-12-24/h3-4,7-9,13H,5-6,10-12,14-16H2,1-2H3,(H,22,26). The van der Waals surface area contributed by atoms with Gasteiger partial charge in [-0.1, -0.05) is 24.3 Å². The molecule has 1 aliphatic heterocycles. The van der Waals surface area contributed by atoms with Crippen molar-refractivity contribution in [3.63, 3.8) is 0 Å². The van der Waals surface area contributed by atoms with Crippen molar-refractivity contribution >= 4 is 6.03 Å². The summed E-state index contributed by atoms with van der Waals surface area (Å²) in [4.78, 5) is 20.8. The van der Waals surface area contributed by atoms with Crippen LogP contribution in [0.15, 0.2) is 36.7 Å². The van der Waals surface area contributed by atoms with Crippen LogP contribution in [0.25, 0.3) is 0 Å². The van der Waals surface area contributed by atoms with Gasteiger partial charge in [-0.3, -0.25) is 4.90 Å². The number of nitrogens with zero attached hydrogens (tertiary/aromatic N) is 4. The molecule has 26 heavy (non-hydrogen) atoms. The Kier molecular flexibility index (Phi) is 6.28. The van der Waals surface area contributed by atoms with Crippen molar-refractivity contribution in [2.24, 2.45) is 0 Å². The average Bonchev–Trinajstić information content (AvgIpc) is 3.28. The molecule has 2 aromatic rings. The molecule has 3 rings (SSSR count). The average molecular weight is 355 g/mol. The van der Waals surface area contributed by atoms with Gasteiger partial charge in [0.15, 0.2) is 0 Å². The molecule has 1 N–H and O–H groups in total. The van der Waals surface area contributed by atoms with Crippen LogP contribution in [0.5, 0.6) is 0 Å². The van der Waals surface area contributed by atoms with Crippen LogP contribution >= 0.6 is 0 Å². The molecule has 1 saturated heterocycles. The number of carbonyl (C=O) groups is 1. The first-order valence-corrected chi connectivity index (χ1v) is 9.39. The lowest BCUT2D eigenvalue weighted by atomic mass is 10.1. The summed E-state index contributed by atoms with van der Waals surface area (Å²) >= 11 is 0. The van der Waals surface area contributed by atoms with Crippen molar-refractivity contribution in [1.82, 2.24) is 24.7 Å². The van der Waals surface area contributed by atoms with E-state index in [0.29, 0.717) is 13.1 Å². The topological polar surface area (TPSA) is 53.4 Å². The summed E-state index contributed by atoms with van der Waals surface area (Å²) in [5, 5.41) is 2.99. The van der Waals surface area contributed by atoms with Gasteiger partial charge in [0.2, 0.25) is 0 Å². The molecule has 140 valence electrons. The quantitative estimate of drug-likeness (QED) is 0.831. The molecular formula is C20H29N5O. The summed E-state index contributed by atoms with van der Waals surface area (Å²) in [5.74, 6) is 0.962. The second kappa shape index (κ2) is 8.85. The number of imidazole rings is 1. The number of likely N-dealkylation sites (tertiary alicyclic amines) is 1. The van der Waals surface area contributed by atoms with Gasteiger partial charge < -0.3 is 14.8 Å². The van der Waals surface area contributed by atoms with Crippen molar-refractivity contribution < 1.29 is 4.79 Å². The van der Waals surface area contributed by atoms with Crippen LogP contribution in [-0.4, -0.2) is 52.1 Å². The van der Waals surface area contributed by atoms with Crippen molar-refractivity contribution in [3.05, 3.63) is 53.6 Å². The highest BCUT2D eigenvalue weighted by atomic mass is 16.2. The van der Waals surface area contributed by atoms with Gasteiger partial charge in [-0.2, -0.15) is 0 Å². The fourth-order valence-corrected chi connectivity index (χ4v) is 3.43. The monoisotopic (exact) mass is 355 g/mol. The Bertz CT molecular complexity index is 720. The van der Waals surface area contributed by atoms with E-state index in [1.165, 1.54) is 37.1 Å². The number of rotatable bonds is 7. The molecular weight excluding hydrogens is 326 g/mol. The third-order valence-electron chi connectivity index (χ3n) is 5.02. The second-order valence-electron chi connectivity index (χ2n) is 7.01. The summed E-state index contributed by atoms with van der Waals surface area (Å²) in [6, 6.07) is 8.41. The number of benzene rings is 1. The van der Waals surface area contributed by atoms with E-state index in [4.69, 9.17) is 0 Å². The van der Waals surface area contributed by atoms with Crippen molar-refractivity contribution in [1.29, 1.82) is 0 Å². The molecule has 2 amide bonds. The predicted octanol–water partition coefficient (Wildman–Crippen LogP) is 2.63. The normalized spacial score (nSPS) is 14.5. The van der Waals surface area contributed by atoms with E-state index in [0.717, 1.165) is 18.9 Å². The Labute approximate surface area is 155 Å². The number of hydrogen-bond donors (Lipinski definition) is 1. The number of carbonyl (C=O) groups excluding carboxylic acids is 1. The minimum absolute atomic E-state index is 0.0428. The summed E-state index contributed by atoms with van der Waals surface area (Å²) in [6.45, 7) is 7.25. The minimum atomic E-state index is -0.0428. The van der Waals surface area contributed by atoms with Crippen LogP contribution in [0.2, 0.25) is 0 Å². The molecule has 1 fully saturated rings. The Morgan fingerprint density at radius 1 is 1.23 bits per heavy atom. The maximum Gasteiger partial charge on any atom is 0.317 e. The lowest BCUT2D eigenvalue weighted by molar-refractivity contribution is 0.206. The zero-order valence-corrected chi connectivity index (χ0v) is 15.8. The molecule has 6 nitrogen and oxygen atoms in total. The Balaban J connectivity index is 1.51. The zero-order chi connectivity index (χ0) is 18.4. The molecule has 0 bridgehead atoms. The molecule has 0 spiro atoms. The van der Waals surface area contributed by atoms with Crippen LogP contribution in [0, 0.1) is 6.92 Å². The van der Waals surface area contributed by atoms with Crippen LogP contribution in [0.3, 0.4) is 0 Å². The van der Waals surface area contributed by atoms with Crippen LogP contribution in [0.4, 0.5) is 4.79 Å². The third-order valence-corrected chi connectivity index (χ3v) is 5.02. The predicted molar refractivity (Wildman–Crippen MR) is 103 cm³/mol. The van der Waals surface area contributed by atoms with Gasteiger partial charge >= 0.3 is 6.03 Å². The summed E-state index contributed by atoms with van der Waals surface area (Å²) in [5.41, 5.74) is 2.55. The molecule has 2 heterocycles. The minimum Gasteiger partial charge on any atom is -0.336 e. The molecule has 0 unspecified atom stereocenters. The first-order valence-electron chi connectivity index (χ1n) is 9.39. The number of nitrogens with one attached hydrogen (secondary N) is 1. The van der Waals surface area contributed by atoms with Crippen LogP contribution in [0.1, 0.15) is 29.8 Å². The molecule has 1 aromatic carbocycles. The van der Waals surface area contributed by atoms with E-state index < -0.39 is 0 Å². The number of amides is 2. The van der Waals surface area contributed by atoms with E-state index in [9.17, 15) is 4.79 Å². The smallest absolute Gasteiger partial charge is 0.317 e. The summed E-state index contributed by atoms with van der Waals surface area (Å²) < 4.78 is 2.03. The molecule has 0 atom stereocenters. The van der Waals surface area contributed by atoms with E-state index >= 15 is 0 Å². The fourth-order valence-electron chi connectivity index (χ4n) is 3.43. The van der Waals surface area contributed by atoms with Gasteiger partial charge in [0.1, 0.15) is 5.82 Å². The molecule has 0 aliphatic carbocycles.